The molecule has 5 saturated carbocycles. The van der Waals surface area contributed by atoms with Gasteiger partial charge in [-0.2, -0.15) is 0 Å². The van der Waals surface area contributed by atoms with Crippen molar-refractivity contribution in [3.63, 3.8) is 0 Å². The third-order valence-corrected chi connectivity index (χ3v) is 8.69. The molecule has 5 aliphatic carbocycles. The second-order valence-electron chi connectivity index (χ2n) is 11.0. The fourth-order valence-corrected chi connectivity index (χ4v) is 7.69. The SMILES string of the molecule is O=C(CCNC(=O)C12CC3CC(CC(C3)C1)C2)NC1(c2ccc(F)cc2F)CCCCC1. The number of hydrogen-bond donors (Lipinski definition) is 2. The van der Waals surface area contributed by atoms with Gasteiger partial charge in [0.15, 0.2) is 0 Å². The molecule has 0 saturated heterocycles. The Balaban J connectivity index is 1.20. The molecule has 174 valence electrons. The van der Waals surface area contributed by atoms with Crippen molar-refractivity contribution < 1.29 is 18.4 Å². The van der Waals surface area contributed by atoms with Gasteiger partial charge in [0, 0.05) is 30.0 Å². The van der Waals surface area contributed by atoms with Crippen molar-refractivity contribution in [1.29, 1.82) is 0 Å². The third-order valence-electron chi connectivity index (χ3n) is 8.69. The van der Waals surface area contributed by atoms with Crippen LogP contribution in [0, 0.1) is 34.8 Å². The first kappa shape index (κ1) is 21.8. The van der Waals surface area contributed by atoms with E-state index in [1.807, 2.05) is 0 Å². The molecule has 0 aliphatic heterocycles. The van der Waals surface area contributed by atoms with Gasteiger partial charge in [-0.1, -0.05) is 25.3 Å². The number of carbonyl (C=O) groups excluding carboxylic acids is 2. The monoisotopic (exact) mass is 444 g/mol. The first-order valence-electron chi connectivity index (χ1n) is 12.4. The molecule has 2 amide bonds. The lowest BCUT2D eigenvalue weighted by molar-refractivity contribution is -0.146. The molecule has 32 heavy (non-hydrogen) atoms. The fourth-order valence-electron chi connectivity index (χ4n) is 7.69. The summed E-state index contributed by atoms with van der Waals surface area (Å²) in [6, 6.07) is 3.61. The minimum Gasteiger partial charge on any atom is -0.355 e. The molecule has 0 heterocycles. The molecule has 0 spiro atoms. The summed E-state index contributed by atoms with van der Waals surface area (Å²) in [5.41, 5.74) is -0.644. The summed E-state index contributed by atoms with van der Waals surface area (Å²) in [6.45, 7) is 0.300. The van der Waals surface area contributed by atoms with Crippen molar-refractivity contribution in [2.75, 3.05) is 6.54 Å². The van der Waals surface area contributed by atoms with Crippen LogP contribution in [0.1, 0.15) is 82.6 Å². The Hall–Kier alpha value is -1.98. The summed E-state index contributed by atoms with van der Waals surface area (Å²) >= 11 is 0. The predicted molar refractivity (Wildman–Crippen MR) is 117 cm³/mol. The molecule has 0 atom stereocenters. The molecular formula is C26H34F2N2O2. The van der Waals surface area contributed by atoms with Gasteiger partial charge in [0.05, 0.1) is 5.54 Å². The molecule has 0 aromatic heterocycles. The maximum atomic E-state index is 14.6. The minimum absolute atomic E-state index is 0.126. The second-order valence-corrected chi connectivity index (χ2v) is 11.0. The number of amides is 2. The summed E-state index contributed by atoms with van der Waals surface area (Å²) in [5, 5.41) is 6.12. The molecule has 1 aromatic carbocycles. The lowest BCUT2D eigenvalue weighted by atomic mass is 9.49. The van der Waals surface area contributed by atoms with Gasteiger partial charge in [0.2, 0.25) is 11.8 Å². The number of hydrogen-bond acceptors (Lipinski definition) is 2. The van der Waals surface area contributed by atoms with Gasteiger partial charge in [-0.3, -0.25) is 9.59 Å². The van der Waals surface area contributed by atoms with Gasteiger partial charge in [-0.25, -0.2) is 8.78 Å². The summed E-state index contributed by atoms with van der Waals surface area (Å²) in [7, 11) is 0. The van der Waals surface area contributed by atoms with E-state index >= 15 is 0 Å². The normalized spacial score (nSPS) is 32.5. The van der Waals surface area contributed by atoms with E-state index in [0.717, 1.165) is 44.6 Å². The van der Waals surface area contributed by atoms with Crippen LogP contribution in [0.5, 0.6) is 0 Å². The van der Waals surface area contributed by atoms with Gasteiger partial charge in [0.25, 0.3) is 0 Å². The molecule has 6 heteroatoms. The van der Waals surface area contributed by atoms with E-state index in [1.165, 1.54) is 31.4 Å². The third kappa shape index (κ3) is 4.06. The smallest absolute Gasteiger partial charge is 0.226 e. The van der Waals surface area contributed by atoms with E-state index in [4.69, 9.17) is 0 Å². The van der Waals surface area contributed by atoms with Crippen molar-refractivity contribution in [2.24, 2.45) is 23.2 Å². The van der Waals surface area contributed by atoms with Crippen molar-refractivity contribution in [2.45, 2.75) is 82.6 Å². The zero-order valence-electron chi connectivity index (χ0n) is 18.7. The van der Waals surface area contributed by atoms with Crippen LogP contribution in [-0.2, 0) is 15.1 Å². The average molecular weight is 445 g/mol. The summed E-state index contributed by atoms with van der Waals surface area (Å²) in [4.78, 5) is 25.9. The summed E-state index contributed by atoms with van der Waals surface area (Å²) in [6.07, 6.45) is 11.1. The number of carbonyl (C=O) groups is 2. The van der Waals surface area contributed by atoms with Crippen LogP contribution < -0.4 is 10.6 Å². The second kappa shape index (κ2) is 8.42. The van der Waals surface area contributed by atoms with E-state index in [1.54, 1.807) is 0 Å². The van der Waals surface area contributed by atoms with Gasteiger partial charge < -0.3 is 10.6 Å². The Morgan fingerprint density at radius 1 is 0.938 bits per heavy atom. The van der Waals surface area contributed by atoms with E-state index < -0.39 is 17.2 Å². The molecule has 0 radical (unpaired) electrons. The zero-order chi connectivity index (χ0) is 22.3. The van der Waals surface area contributed by atoms with E-state index in [9.17, 15) is 18.4 Å². The molecule has 5 aliphatic rings. The summed E-state index contributed by atoms with van der Waals surface area (Å²) < 4.78 is 28.0. The number of benzene rings is 1. The highest BCUT2D eigenvalue weighted by molar-refractivity contribution is 5.84. The first-order chi connectivity index (χ1) is 15.4. The predicted octanol–water partition coefficient (Wildman–Crippen LogP) is 4.96. The highest BCUT2D eigenvalue weighted by atomic mass is 19.1. The van der Waals surface area contributed by atoms with Crippen molar-refractivity contribution >= 4 is 11.8 Å². The quantitative estimate of drug-likeness (QED) is 0.651. The summed E-state index contributed by atoms with van der Waals surface area (Å²) in [5.74, 6) is 0.812. The van der Waals surface area contributed by atoms with Gasteiger partial charge in [-0.05, 0) is 75.2 Å². The zero-order valence-corrected chi connectivity index (χ0v) is 18.7. The van der Waals surface area contributed by atoms with E-state index in [0.29, 0.717) is 42.7 Å². The first-order valence-corrected chi connectivity index (χ1v) is 12.4. The molecule has 0 unspecified atom stereocenters. The van der Waals surface area contributed by atoms with Crippen LogP contribution in [0.2, 0.25) is 0 Å². The molecule has 6 rings (SSSR count). The van der Waals surface area contributed by atoms with Crippen molar-refractivity contribution in [1.82, 2.24) is 10.6 Å². The molecular weight excluding hydrogens is 410 g/mol. The molecule has 1 aromatic rings. The molecule has 4 nitrogen and oxygen atoms in total. The maximum Gasteiger partial charge on any atom is 0.226 e. The van der Waals surface area contributed by atoms with Crippen LogP contribution in [0.25, 0.3) is 0 Å². The van der Waals surface area contributed by atoms with Gasteiger partial charge in [-0.15, -0.1) is 0 Å². The van der Waals surface area contributed by atoms with E-state index in [-0.39, 0.29) is 23.7 Å². The van der Waals surface area contributed by atoms with Crippen LogP contribution >= 0.6 is 0 Å². The topological polar surface area (TPSA) is 58.2 Å². The van der Waals surface area contributed by atoms with Crippen LogP contribution in [-0.4, -0.2) is 18.4 Å². The van der Waals surface area contributed by atoms with Gasteiger partial charge in [0.1, 0.15) is 11.6 Å². The minimum atomic E-state index is -0.795. The Bertz CT molecular complexity index is 859. The van der Waals surface area contributed by atoms with Crippen LogP contribution in [0.4, 0.5) is 8.78 Å². The number of rotatable bonds is 6. The van der Waals surface area contributed by atoms with Crippen molar-refractivity contribution in [3.05, 3.63) is 35.4 Å². The maximum absolute atomic E-state index is 14.6. The Morgan fingerprint density at radius 3 is 2.16 bits per heavy atom. The lowest BCUT2D eigenvalue weighted by Gasteiger charge is -2.55. The Labute approximate surface area is 188 Å². The fraction of sp³-hybridized carbons (Fsp3) is 0.692. The largest absolute Gasteiger partial charge is 0.355 e. The highest BCUT2D eigenvalue weighted by Gasteiger charge is 2.54. The highest BCUT2D eigenvalue weighted by Crippen LogP contribution is 2.60. The standard InChI is InChI=1S/C26H34F2N2O2/c27-20-4-5-21(22(28)13-20)26(7-2-1-3-8-26)30-23(31)6-9-29-24(32)25-14-17-10-18(15-25)12-19(11-17)16-25/h4-5,13,17-19H,1-3,6-12,14-16H2,(H,29,32)(H,30,31). The number of halogens is 2. The number of nitrogens with one attached hydrogen (secondary N) is 2. The van der Waals surface area contributed by atoms with Crippen LogP contribution in [0.15, 0.2) is 18.2 Å². The molecule has 2 N–H and O–H groups in total. The molecule has 5 fully saturated rings. The van der Waals surface area contributed by atoms with E-state index in [2.05, 4.69) is 10.6 Å². The van der Waals surface area contributed by atoms with Crippen LogP contribution in [0.3, 0.4) is 0 Å². The van der Waals surface area contributed by atoms with Crippen molar-refractivity contribution in [3.8, 4) is 0 Å². The lowest BCUT2D eigenvalue weighted by Crippen LogP contribution is -2.54. The average Bonchev–Trinajstić information content (AvgIpc) is 2.73. The Kier molecular flexibility index (Phi) is 5.75. The Morgan fingerprint density at radius 2 is 1.56 bits per heavy atom. The van der Waals surface area contributed by atoms with Gasteiger partial charge >= 0.3 is 0 Å². The molecule has 4 bridgehead atoms.